The first-order valence-electron chi connectivity index (χ1n) is 5.67. The van der Waals surface area contributed by atoms with Gasteiger partial charge in [-0.1, -0.05) is 25.7 Å². The zero-order chi connectivity index (χ0) is 9.80. The van der Waals surface area contributed by atoms with Gasteiger partial charge in [0.05, 0.1) is 12.2 Å². The highest BCUT2D eigenvalue weighted by molar-refractivity contribution is 7.40. The predicted octanol–water partition coefficient (Wildman–Crippen LogP) is 3.12. The number of hydrogen-bond acceptors (Lipinski definition) is 3. The van der Waals surface area contributed by atoms with Crippen molar-refractivity contribution in [3.8, 4) is 0 Å². The van der Waals surface area contributed by atoms with E-state index in [1.807, 2.05) is 0 Å². The van der Waals surface area contributed by atoms with Crippen molar-refractivity contribution < 1.29 is 13.9 Å². The maximum absolute atomic E-state index is 9.59. The molecule has 0 aromatic rings. The molecule has 82 valence electrons. The minimum atomic E-state index is -1.60. The van der Waals surface area contributed by atoms with E-state index in [9.17, 15) is 4.89 Å². The van der Waals surface area contributed by atoms with Gasteiger partial charge in [0.1, 0.15) is 0 Å². The minimum Gasteiger partial charge on any atom is -0.328 e. The van der Waals surface area contributed by atoms with E-state index in [0.717, 1.165) is 25.7 Å². The van der Waals surface area contributed by atoms with Crippen molar-refractivity contribution >= 4 is 8.60 Å². The van der Waals surface area contributed by atoms with Gasteiger partial charge < -0.3 is 13.9 Å². The van der Waals surface area contributed by atoms with Crippen LogP contribution >= 0.6 is 8.60 Å². The van der Waals surface area contributed by atoms with Crippen molar-refractivity contribution in [2.75, 3.05) is 0 Å². The molecule has 0 radical (unpaired) electrons. The minimum absolute atomic E-state index is 0.257. The molecule has 0 aliphatic heterocycles. The summed E-state index contributed by atoms with van der Waals surface area (Å²) in [6.45, 7) is 0. The second-order valence-corrected chi connectivity index (χ2v) is 5.16. The maximum atomic E-state index is 9.59. The molecule has 2 rings (SSSR count). The van der Waals surface area contributed by atoms with E-state index < -0.39 is 8.60 Å². The van der Waals surface area contributed by atoms with Crippen molar-refractivity contribution in [1.29, 1.82) is 0 Å². The topological polar surface area (TPSA) is 38.7 Å². The summed E-state index contributed by atoms with van der Waals surface area (Å²) >= 11 is 0. The Labute approximate surface area is 86.8 Å². The summed E-state index contributed by atoms with van der Waals surface area (Å²) < 4.78 is 10.9. The summed E-state index contributed by atoms with van der Waals surface area (Å²) in [6, 6.07) is 0. The summed E-state index contributed by atoms with van der Waals surface area (Å²) in [4.78, 5) is 9.59. The van der Waals surface area contributed by atoms with Crippen LogP contribution in [0.1, 0.15) is 51.4 Å². The summed E-state index contributed by atoms with van der Waals surface area (Å²) in [5.74, 6) is 0. The van der Waals surface area contributed by atoms with E-state index >= 15 is 0 Å². The molecule has 0 amide bonds. The van der Waals surface area contributed by atoms with Gasteiger partial charge in [-0.25, -0.2) is 0 Å². The fourth-order valence-electron chi connectivity index (χ4n) is 2.27. The molecule has 0 bridgehead atoms. The second kappa shape index (κ2) is 5.41. The van der Waals surface area contributed by atoms with Gasteiger partial charge in [-0.3, -0.25) is 0 Å². The lowest BCUT2D eigenvalue weighted by atomic mass is 10.3. The van der Waals surface area contributed by atoms with E-state index in [-0.39, 0.29) is 12.2 Å². The fraction of sp³-hybridized carbons (Fsp3) is 1.00. The van der Waals surface area contributed by atoms with Crippen LogP contribution in [0.5, 0.6) is 0 Å². The quantitative estimate of drug-likeness (QED) is 0.737. The van der Waals surface area contributed by atoms with Crippen LogP contribution in [0.15, 0.2) is 0 Å². The second-order valence-electron chi connectivity index (χ2n) is 4.26. The Morgan fingerprint density at radius 1 is 0.786 bits per heavy atom. The Bertz CT molecular complexity index is 147. The van der Waals surface area contributed by atoms with Gasteiger partial charge in [-0.15, -0.1) is 0 Å². The summed E-state index contributed by atoms with van der Waals surface area (Å²) in [7, 11) is -1.60. The van der Waals surface area contributed by atoms with Crippen molar-refractivity contribution in [3.05, 3.63) is 0 Å². The third-order valence-corrected chi connectivity index (χ3v) is 4.04. The number of rotatable bonds is 4. The van der Waals surface area contributed by atoms with E-state index in [1.54, 1.807) is 0 Å². The zero-order valence-electron chi connectivity index (χ0n) is 8.52. The molecule has 1 N–H and O–H groups in total. The first-order chi connectivity index (χ1) is 6.84. The Morgan fingerprint density at radius 2 is 1.14 bits per heavy atom. The number of hydrogen-bond donors (Lipinski definition) is 1. The van der Waals surface area contributed by atoms with Crippen LogP contribution in [0.2, 0.25) is 0 Å². The largest absolute Gasteiger partial charge is 0.330 e. The standard InChI is InChI=1S/C10H19O3P/c11-14(12-9-5-1-2-6-9)13-10-7-3-4-8-10/h9-11H,1-8H2. The Morgan fingerprint density at radius 3 is 1.50 bits per heavy atom. The Balaban J connectivity index is 1.64. The maximum Gasteiger partial charge on any atom is 0.330 e. The molecule has 0 aromatic heterocycles. The molecule has 2 fully saturated rings. The molecule has 0 unspecified atom stereocenters. The van der Waals surface area contributed by atoms with Crippen LogP contribution < -0.4 is 0 Å². The Hall–Kier alpha value is 0.310. The van der Waals surface area contributed by atoms with Crippen LogP contribution in [0.25, 0.3) is 0 Å². The summed E-state index contributed by atoms with van der Waals surface area (Å²) in [5, 5.41) is 0. The van der Waals surface area contributed by atoms with Crippen molar-refractivity contribution in [2.45, 2.75) is 63.6 Å². The van der Waals surface area contributed by atoms with E-state index in [4.69, 9.17) is 9.05 Å². The monoisotopic (exact) mass is 218 g/mol. The van der Waals surface area contributed by atoms with Crippen LogP contribution in [-0.4, -0.2) is 17.1 Å². The fourth-order valence-corrected chi connectivity index (χ4v) is 3.25. The molecule has 0 heterocycles. The molecule has 0 saturated heterocycles. The third kappa shape index (κ3) is 3.16. The smallest absolute Gasteiger partial charge is 0.328 e. The SMILES string of the molecule is OP(OC1CCCC1)OC1CCCC1. The lowest BCUT2D eigenvalue weighted by molar-refractivity contribution is 0.115. The van der Waals surface area contributed by atoms with Crippen LogP contribution in [0, 0.1) is 0 Å². The normalized spacial score (nSPS) is 25.3. The van der Waals surface area contributed by atoms with Gasteiger partial charge in [-0.2, -0.15) is 0 Å². The van der Waals surface area contributed by atoms with E-state index in [0.29, 0.717) is 0 Å². The summed E-state index contributed by atoms with van der Waals surface area (Å²) in [5.41, 5.74) is 0. The molecule has 2 aliphatic rings. The zero-order valence-corrected chi connectivity index (χ0v) is 9.42. The first kappa shape index (κ1) is 10.8. The van der Waals surface area contributed by atoms with Gasteiger partial charge in [-0.05, 0) is 25.7 Å². The molecule has 3 nitrogen and oxygen atoms in total. The summed E-state index contributed by atoms with van der Waals surface area (Å²) in [6.07, 6.45) is 9.81. The lowest BCUT2D eigenvalue weighted by Gasteiger charge is -2.18. The molecular weight excluding hydrogens is 199 g/mol. The molecule has 2 saturated carbocycles. The molecule has 14 heavy (non-hydrogen) atoms. The average Bonchev–Trinajstić information content (AvgIpc) is 2.76. The molecule has 2 aliphatic carbocycles. The lowest BCUT2D eigenvalue weighted by Crippen LogP contribution is -2.09. The van der Waals surface area contributed by atoms with Gasteiger partial charge in [0.2, 0.25) is 0 Å². The van der Waals surface area contributed by atoms with Gasteiger partial charge in [0.25, 0.3) is 0 Å². The van der Waals surface area contributed by atoms with Crippen molar-refractivity contribution in [1.82, 2.24) is 0 Å². The molecule has 0 aromatic carbocycles. The van der Waals surface area contributed by atoms with Crippen molar-refractivity contribution in [2.24, 2.45) is 0 Å². The highest BCUT2D eigenvalue weighted by atomic mass is 31.2. The van der Waals surface area contributed by atoms with Crippen LogP contribution in [0.3, 0.4) is 0 Å². The van der Waals surface area contributed by atoms with Crippen LogP contribution in [0.4, 0.5) is 0 Å². The molecule has 0 atom stereocenters. The van der Waals surface area contributed by atoms with Crippen molar-refractivity contribution in [3.63, 3.8) is 0 Å². The van der Waals surface area contributed by atoms with Gasteiger partial charge in [0, 0.05) is 0 Å². The van der Waals surface area contributed by atoms with E-state index in [1.165, 1.54) is 25.7 Å². The third-order valence-electron chi connectivity index (χ3n) is 3.08. The molecular formula is C10H19O3P. The molecule has 4 heteroatoms. The highest BCUT2D eigenvalue weighted by Crippen LogP contribution is 2.42. The molecule has 0 spiro atoms. The van der Waals surface area contributed by atoms with Gasteiger partial charge >= 0.3 is 8.60 Å². The average molecular weight is 218 g/mol. The Kier molecular flexibility index (Phi) is 4.18. The first-order valence-corrected chi connectivity index (χ1v) is 6.80. The predicted molar refractivity (Wildman–Crippen MR) is 55.8 cm³/mol. The van der Waals surface area contributed by atoms with Crippen LogP contribution in [-0.2, 0) is 9.05 Å². The highest BCUT2D eigenvalue weighted by Gasteiger charge is 2.24. The van der Waals surface area contributed by atoms with E-state index in [2.05, 4.69) is 0 Å². The van der Waals surface area contributed by atoms with Gasteiger partial charge in [0.15, 0.2) is 0 Å².